The van der Waals surface area contributed by atoms with E-state index in [-0.39, 0.29) is 0 Å². The smallest absolute Gasteiger partial charge is 0.324 e. The lowest BCUT2D eigenvalue weighted by molar-refractivity contribution is -0.150. The van der Waals surface area contributed by atoms with Gasteiger partial charge in [0.1, 0.15) is 6.04 Å². The number of rotatable bonds is 4. The van der Waals surface area contributed by atoms with Crippen LogP contribution in [0.4, 0.5) is 0 Å². The predicted molar refractivity (Wildman–Crippen MR) is 41.4 cm³/mol. The zero-order valence-electron chi connectivity index (χ0n) is 6.62. The van der Waals surface area contributed by atoms with Crippen molar-refractivity contribution in [1.82, 2.24) is 0 Å². The van der Waals surface area contributed by atoms with Crippen LogP contribution in [-0.2, 0) is 9.53 Å². The predicted octanol–water partition coefficient (Wildman–Crippen LogP) is -1.49. The number of nitrogens with two attached hydrogens (primary N) is 3. The Bertz CT molecular complexity index is 127. The van der Waals surface area contributed by atoms with Gasteiger partial charge in [-0.1, -0.05) is 0 Å². The van der Waals surface area contributed by atoms with E-state index in [1.807, 2.05) is 0 Å². The summed E-state index contributed by atoms with van der Waals surface area (Å²) in [6.07, 6.45) is -0.170. The highest BCUT2D eigenvalue weighted by molar-refractivity contribution is 5.75. The fourth-order valence-electron chi connectivity index (χ4n) is 0.480. The molecule has 0 rings (SSSR count). The van der Waals surface area contributed by atoms with E-state index in [4.69, 9.17) is 17.2 Å². The summed E-state index contributed by atoms with van der Waals surface area (Å²) in [7, 11) is 0. The normalized spacial score (nSPS) is 15.6. The number of carbonyl (C=O) groups is 1. The molecule has 0 aromatic rings. The van der Waals surface area contributed by atoms with Gasteiger partial charge in [-0.15, -0.1) is 0 Å². The van der Waals surface area contributed by atoms with E-state index in [2.05, 4.69) is 4.74 Å². The van der Waals surface area contributed by atoms with Crippen LogP contribution in [0, 0.1) is 0 Å². The molecule has 0 heterocycles. The molecule has 0 saturated heterocycles. The van der Waals surface area contributed by atoms with Gasteiger partial charge in [-0.3, -0.25) is 10.5 Å². The summed E-state index contributed by atoms with van der Waals surface area (Å²) in [5, 5.41) is 0. The average Bonchev–Trinajstić information content (AvgIpc) is 1.87. The molecule has 0 fully saturated rings. The first-order valence-electron chi connectivity index (χ1n) is 3.49. The van der Waals surface area contributed by atoms with Crippen LogP contribution in [0.25, 0.3) is 0 Å². The largest absolute Gasteiger partial charge is 0.446 e. The van der Waals surface area contributed by atoms with Gasteiger partial charge in [0.2, 0.25) is 0 Å². The van der Waals surface area contributed by atoms with E-state index in [0.717, 1.165) is 0 Å². The summed E-state index contributed by atoms with van der Waals surface area (Å²) in [5.41, 5.74) is 15.7. The Kier molecular flexibility index (Phi) is 4.76. The van der Waals surface area contributed by atoms with Crippen LogP contribution in [0.2, 0.25) is 0 Å². The number of carbonyl (C=O) groups excluding carboxylic acids is 1. The molecule has 0 spiro atoms. The molecule has 6 N–H and O–H groups in total. The minimum Gasteiger partial charge on any atom is -0.446 e. The zero-order valence-corrected chi connectivity index (χ0v) is 6.62. The lowest BCUT2D eigenvalue weighted by atomic mass is 10.3. The Balaban J connectivity index is 3.57. The number of esters is 1. The zero-order chi connectivity index (χ0) is 8.85. The van der Waals surface area contributed by atoms with Gasteiger partial charge in [0.05, 0.1) is 0 Å². The van der Waals surface area contributed by atoms with Crippen molar-refractivity contribution in [2.45, 2.75) is 25.6 Å². The van der Waals surface area contributed by atoms with Gasteiger partial charge in [-0.2, -0.15) is 0 Å². The highest BCUT2D eigenvalue weighted by atomic mass is 16.6. The molecule has 0 aromatic carbocycles. The molecule has 2 atom stereocenters. The third-order valence-corrected chi connectivity index (χ3v) is 1.09. The molecule has 0 bridgehead atoms. The van der Waals surface area contributed by atoms with Crippen LogP contribution in [0.3, 0.4) is 0 Å². The Morgan fingerprint density at radius 1 is 1.55 bits per heavy atom. The quantitative estimate of drug-likeness (QED) is 0.344. The molecule has 5 heteroatoms. The Morgan fingerprint density at radius 2 is 2.09 bits per heavy atom. The van der Waals surface area contributed by atoms with Crippen LogP contribution in [-0.4, -0.2) is 24.8 Å². The maximum atomic E-state index is 10.8. The van der Waals surface area contributed by atoms with E-state index < -0.39 is 18.2 Å². The summed E-state index contributed by atoms with van der Waals surface area (Å²) < 4.78 is 4.69. The lowest BCUT2D eigenvalue weighted by Crippen LogP contribution is -2.36. The van der Waals surface area contributed by atoms with E-state index >= 15 is 0 Å². The van der Waals surface area contributed by atoms with Crippen LogP contribution < -0.4 is 17.2 Å². The van der Waals surface area contributed by atoms with E-state index in [1.54, 1.807) is 0 Å². The molecule has 5 nitrogen and oxygen atoms in total. The molecule has 0 aliphatic carbocycles. The van der Waals surface area contributed by atoms with Crippen LogP contribution in [0.1, 0.15) is 13.3 Å². The monoisotopic (exact) mass is 161 g/mol. The van der Waals surface area contributed by atoms with Gasteiger partial charge in [-0.25, -0.2) is 0 Å². The van der Waals surface area contributed by atoms with Crippen molar-refractivity contribution in [2.75, 3.05) is 6.54 Å². The van der Waals surface area contributed by atoms with E-state index in [1.165, 1.54) is 6.92 Å². The molecule has 0 aliphatic rings. The van der Waals surface area contributed by atoms with Gasteiger partial charge in [0.15, 0.2) is 6.23 Å². The van der Waals surface area contributed by atoms with Crippen molar-refractivity contribution in [1.29, 1.82) is 0 Å². The Hall–Kier alpha value is -0.650. The van der Waals surface area contributed by atoms with Gasteiger partial charge in [0, 0.05) is 6.42 Å². The lowest BCUT2D eigenvalue weighted by Gasteiger charge is -2.13. The minimum absolute atomic E-state index is 0.396. The molecule has 0 amide bonds. The standard InChI is InChI=1S/C6H15N3O2/c1-4(8)6(10)11-5(9)2-3-7/h4-5H,2-3,7-9H2,1H3/t4-,5?/m0/s1. The summed E-state index contributed by atoms with van der Waals surface area (Å²) in [4.78, 5) is 10.8. The second-order valence-corrected chi connectivity index (χ2v) is 2.34. The van der Waals surface area contributed by atoms with Crippen molar-refractivity contribution >= 4 is 5.97 Å². The van der Waals surface area contributed by atoms with E-state index in [0.29, 0.717) is 13.0 Å². The molecular formula is C6H15N3O2. The summed E-state index contributed by atoms with van der Waals surface area (Å²) in [6.45, 7) is 1.94. The molecule has 0 aromatic heterocycles. The summed E-state index contributed by atoms with van der Waals surface area (Å²) >= 11 is 0. The molecule has 1 unspecified atom stereocenters. The summed E-state index contributed by atoms with van der Waals surface area (Å²) in [6, 6.07) is -0.626. The fraction of sp³-hybridized carbons (Fsp3) is 0.833. The Labute approximate surface area is 65.9 Å². The third-order valence-electron chi connectivity index (χ3n) is 1.09. The first-order valence-corrected chi connectivity index (χ1v) is 3.49. The number of hydrogen-bond acceptors (Lipinski definition) is 5. The highest BCUT2D eigenvalue weighted by Gasteiger charge is 2.12. The van der Waals surface area contributed by atoms with Crippen molar-refractivity contribution in [2.24, 2.45) is 17.2 Å². The van der Waals surface area contributed by atoms with Gasteiger partial charge < -0.3 is 16.2 Å². The van der Waals surface area contributed by atoms with Gasteiger partial charge >= 0.3 is 5.97 Å². The van der Waals surface area contributed by atoms with Crippen molar-refractivity contribution < 1.29 is 9.53 Å². The first kappa shape index (κ1) is 10.3. The Morgan fingerprint density at radius 3 is 2.45 bits per heavy atom. The van der Waals surface area contributed by atoms with Crippen molar-refractivity contribution in [3.05, 3.63) is 0 Å². The highest BCUT2D eigenvalue weighted by Crippen LogP contribution is 1.91. The molecule has 0 saturated carbocycles. The maximum absolute atomic E-state index is 10.8. The summed E-state index contributed by atoms with van der Waals surface area (Å²) in [5.74, 6) is -0.494. The second-order valence-electron chi connectivity index (χ2n) is 2.34. The van der Waals surface area contributed by atoms with E-state index in [9.17, 15) is 4.79 Å². The van der Waals surface area contributed by atoms with Crippen molar-refractivity contribution in [3.8, 4) is 0 Å². The molecule has 0 aliphatic heterocycles. The third kappa shape index (κ3) is 4.72. The van der Waals surface area contributed by atoms with Crippen LogP contribution >= 0.6 is 0 Å². The number of ether oxygens (including phenoxy) is 1. The SMILES string of the molecule is C[C@H](N)C(=O)OC(N)CCN. The van der Waals surface area contributed by atoms with Gasteiger partial charge in [0.25, 0.3) is 0 Å². The molecule has 0 radical (unpaired) electrons. The van der Waals surface area contributed by atoms with Crippen LogP contribution in [0.5, 0.6) is 0 Å². The molecule has 11 heavy (non-hydrogen) atoms. The molecule has 66 valence electrons. The number of hydrogen-bond donors (Lipinski definition) is 3. The van der Waals surface area contributed by atoms with Gasteiger partial charge in [-0.05, 0) is 13.5 Å². The fourth-order valence-corrected chi connectivity index (χ4v) is 0.480. The van der Waals surface area contributed by atoms with Crippen molar-refractivity contribution in [3.63, 3.8) is 0 Å². The van der Waals surface area contributed by atoms with Crippen LogP contribution in [0.15, 0.2) is 0 Å². The molecular weight excluding hydrogens is 146 g/mol. The minimum atomic E-state index is -0.626. The topological polar surface area (TPSA) is 104 Å². The average molecular weight is 161 g/mol. The maximum Gasteiger partial charge on any atom is 0.324 e. The first-order chi connectivity index (χ1) is 5.07. The second kappa shape index (κ2) is 5.06.